The van der Waals surface area contributed by atoms with Crippen LogP contribution in [0.1, 0.15) is 60.3 Å². The highest BCUT2D eigenvalue weighted by Gasteiger charge is 2.77. The fraction of sp³-hybridized carbons (Fsp3) is 0.833. The van der Waals surface area contributed by atoms with Gasteiger partial charge in [-0.2, -0.15) is 0 Å². The van der Waals surface area contributed by atoms with Crippen LogP contribution in [-0.2, 0) is 19.1 Å². The van der Waals surface area contributed by atoms with Gasteiger partial charge in [0.2, 0.25) is 0 Å². The first-order valence-electron chi connectivity index (χ1n) is 11.4. The van der Waals surface area contributed by atoms with Gasteiger partial charge >= 0.3 is 11.9 Å². The van der Waals surface area contributed by atoms with Crippen LogP contribution in [-0.4, -0.2) is 57.8 Å². The van der Waals surface area contributed by atoms with Gasteiger partial charge in [-0.25, -0.2) is 0 Å². The monoisotopic (exact) mass is 436 g/mol. The van der Waals surface area contributed by atoms with Crippen molar-refractivity contribution >= 4 is 11.9 Å². The van der Waals surface area contributed by atoms with Gasteiger partial charge in [-0.1, -0.05) is 27.4 Å². The van der Waals surface area contributed by atoms with E-state index >= 15 is 0 Å². The number of carbonyl (C=O) groups excluding carboxylic acids is 2. The van der Waals surface area contributed by atoms with Crippen LogP contribution in [0.25, 0.3) is 0 Å². The fourth-order valence-electron chi connectivity index (χ4n) is 8.40. The van der Waals surface area contributed by atoms with E-state index in [4.69, 9.17) is 9.47 Å². The molecular weight excluding hydrogens is 400 g/mol. The lowest BCUT2D eigenvalue weighted by Gasteiger charge is -2.68. The molecule has 1 spiro atoms. The Morgan fingerprint density at radius 3 is 2.23 bits per heavy atom. The zero-order valence-electron chi connectivity index (χ0n) is 19.1. The largest absolute Gasteiger partial charge is 0.458 e. The lowest BCUT2D eigenvalue weighted by atomic mass is 9.38. The van der Waals surface area contributed by atoms with Gasteiger partial charge in [0.25, 0.3) is 0 Å². The van der Waals surface area contributed by atoms with Crippen LogP contribution in [0.2, 0.25) is 0 Å². The van der Waals surface area contributed by atoms with E-state index < -0.39 is 64.6 Å². The minimum atomic E-state index is -0.991. The van der Waals surface area contributed by atoms with Crippen LogP contribution in [0.15, 0.2) is 12.2 Å². The summed E-state index contributed by atoms with van der Waals surface area (Å²) in [7, 11) is 0. The predicted molar refractivity (Wildman–Crippen MR) is 112 cm³/mol. The van der Waals surface area contributed by atoms with Crippen LogP contribution in [0, 0.1) is 34.0 Å². The molecule has 0 radical (unpaired) electrons. The smallest absolute Gasteiger partial charge is 0.303 e. The normalized spacial score (nSPS) is 50.3. The molecule has 174 valence electrons. The molecule has 4 fully saturated rings. The molecule has 0 aromatic carbocycles. The molecule has 0 saturated heterocycles. The summed E-state index contributed by atoms with van der Waals surface area (Å²) in [6.07, 6.45) is -1.93. The van der Waals surface area contributed by atoms with E-state index in [9.17, 15) is 24.9 Å². The van der Waals surface area contributed by atoms with E-state index in [2.05, 4.69) is 13.5 Å². The molecule has 3 N–H and O–H groups in total. The van der Waals surface area contributed by atoms with E-state index in [1.165, 1.54) is 13.8 Å². The van der Waals surface area contributed by atoms with Crippen LogP contribution < -0.4 is 0 Å². The van der Waals surface area contributed by atoms with Crippen LogP contribution in [0.4, 0.5) is 0 Å². The molecule has 0 aromatic rings. The molecule has 4 aliphatic rings. The Hall–Kier alpha value is -1.44. The number of aliphatic hydroxyl groups excluding tert-OH is 3. The Kier molecular flexibility index (Phi) is 5.16. The van der Waals surface area contributed by atoms with Gasteiger partial charge < -0.3 is 24.8 Å². The molecule has 7 nitrogen and oxygen atoms in total. The van der Waals surface area contributed by atoms with Crippen molar-refractivity contribution in [3.63, 3.8) is 0 Å². The van der Waals surface area contributed by atoms with E-state index in [0.29, 0.717) is 31.3 Å². The Balaban J connectivity index is 1.99. The molecule has 0 heterocycles. The summed E-state index contributed by atoms with van der Waals surface area (Å²) in [5.74, 6) is -1.89. The van der Waals surface area contributed by atoms with Crippen LogP contribution in [0.5, 0.6) is 0 Å². The molecular formula is C24H36O7. The zero-order chi connectivity index (χ0) is 23.1. The van der Waals surface area contributed by atoms with Gasteiger partial charge in [0, 0.05) is 31.1 Å². The second-order valence-corrected chi connectivity index (χ2v) is 11.2. The summed E-state index contributed by atoms with van der Waals surface area (Å²) in [5, 5.41) is 33.8. The van der Waals surface area contributed by atoms with Gasteiger partial charge in [-0.3, -0.25) is 9.59 Å². The molecule has 4 aliphatic carbocycles. The number of rotatable bonds is 2. The quantitative estimate of drug-likeness (QED) is 0.448. The Morgan fingerprint density at radius 2 is 1.65 bits per heavy atom. The zero-order valence-corrected chi connectivity index (χ0v) is 19.1. The highest BCUT2D eigenvalue weighted by Crippen LogP contribution is 2.72. The van der Waals surface area contributed by atoms with Crippen molar-refractivity contribution in [2.24, 2.45) is 34.0 Å². The molecule has 4 saturated carbocycles. The SMILES string of the molecule is C=C1[C@@H]2C[C@H](O)[C@H]3[C@]4(C)CC[C@H](O)C(C)(C)[C@H]4[C@@H](OC(C)=O)[C@H](OC(C)=O)[C@@]3(C2)[C@@H]1O. The van der Waals surface area contributed by atoms with E-state index in [1.54, 1.807) is 0 Å². The van der Waals surface area contributed by atoms with Crippen LogP contribution in [0.3, 0.4) is 0 Å². The van der Waals surface area contributed by atoms with Gasteiger partial charge in [0.1, 0.15) is 12.2 Å². The second-order valence-electron chi connectivity index (χ2n) is 11.2. The van der Waals surface area contributed by atoms with Crippen molar-refractivity contribution < 1.29 is 34.4 Å². The number of esters is 2. The molecule has 0 aliphatic heterocycles. The fourth-order valence-corrected chi connectivity index (χ4v) is 8.40. The number of fused-ring (bicyclic) bond motifs is 3. The predicted octanol–water partition coefficient (Wildman–Crippen LogP) is 1.97. The Morgan fingerprint density at radius 1 is 1.03 bits per heavy atom. The maximum atomic E-state index is 12.2. The molecule has 10 atom stereocenters. The molecule has 0 amide bonds. The number of aliphatic hydroxyl groups is 3. The second kappa shape index (κ2) is 7.03. The van der Waals surface area contributed by atoms with Crippen molar-refractivity contribution in [2.45, 2.75) is 90.8 Å². The van der Waals surface area contributed by atoms with Crippen molar-refractivity contribution in [3.8, 4) is 0 Å². The summed E-state index contributed by atoms with van der Waals surface area (Å²) >= 11 is 0. The van der Waals surface area contributed by atoms with Gasteiger partial charge in [0.05, 0.1) is 18.3 Å². The maximum absolute atomic E-state index is 12.2. The molecule has 0 unspecified atom stereocenters. The van der Waals surface area contributed by atoms with Crippen molar-refractivity contribution in [1.82, 2.24) is 0 Å². The van der Waals surface area contributed by atoms with Gasteiger partial charge in [0.15, 0.2) is 0 Å². The van der Waals surface area contributed by atoms with Crippen molar-refractivity contribution in [2.75, 3.05) is 0 Å². The molecule has 4 rings (SSSR count). The summed E-state index contributed by atoms with van der Waals surface area (Å²) in [4.78, 5) is 24.5. The van der Waals surface area contributed by atoms with Gasteiger partial charge in [-0.15, -0.1) is 0 Å². The highest BCUT2D eigenvalue weighted by atomic mass is 16.6. The first-order chi connectivity index (χ1) is 14.3. The first kappa shape index (κ1) is 22.7. The number of hydrogen-bond donors (Lipinski definition) is 3. The van der Waals surface area contributed by atoms with Gasteiger partial charge in [-0.05, 0) is 48.0 Å². The van der Waals surface area contributed by atoms with E-state index in [0.717, 1.165) is 0 Å². The molecule has 7 heteroatoms. The lowest BCUT2D eigenvalue weighted by Crippen LogP contribution is -2.74. The summed E-state index contributed by atoms with van der Waals surface area (Å²) in [6, 6.07) is 0. The third kappa shape index (κ3) is 2.89. The molecule has 0 aromatic heterocycles. The summed E-state index contributed by atoms with van der Waals surface area (Å²) in [6.45, 7) is 12.7. The third-order valence-corrected chi connectivity index (χ3v) is 9.26. The lowest BCUT2D eigenvalue weighted by molar-refractivity contribution is -0.302. The summed E-state index contributed by atoms with van der Waals surface area (Å²) in [5.41, 5.74) is -1.55. The third-order valence-electron chi connectivity index (χ3n) is 9.26. The average Bonchev–Trinajstić information content (AvgIpc) is 2.83. The minimum Gasteiger partial charge on any atom is -0.458 e. The van der Waals surface area contributed by atoms with Crippen LogP contribution >= 0.6 is 0 Å². The Labute approximate surface area is 183 Å². The number of ether oxygens (including phenoxy) is 2. The van der Waals surface area contributed by atoms with Crippen molar-refractivity contribution in [1.29, 1.82) is 0 Å². The van der Waals surface area contributed by atoms with E-state index in [-0.39, 0.29) is 11.8 Å². The topological polar surface area (TPSA) is 113 Å². The van der Waals surface area contributed by atoms with E-state index in [1.807, 2.05) is 13.8 Å². The molecule has 2 bridgehead atoms. The number of hydrogen-bond acceptors (Lipinski definition) is 7. The molecule has 31 heavy (non-hydrogen) atoms. The standard InChI is InChI=1S/C24H36O7/c1-11-14-9-15(27)18-23(6)8-7-16(28)22(4,5)19(23)17(30-12(2)25)21(31-13(3)26)24(18,10-14)20(11)29/h14-21,27-29H,1,7-10H2,2-6H3/t14-,15+,16+,17-,18+,19-,20-,21+,23+,24-/m1/s1. The average molecular weight is 437 g/mol. The minimum absolute atomic E-state index is 0.0837. The number of carbonyl (C=O) groups is 2. The summed E-state index contributed by atoms with van der Waals surface area (Å²) < 4.78 is 11.8. The van der Waals surface area contributed by atoms with Crippen molar-refractivity contribution in [3.05, 3.63) is 12.2 Å². The maximum Gasteiger partial charge on any atom is 0.303 e. The highest BCUT2D eigenvalue weighted by molar-refractivity contribution is 5.68. The Bertz CT molecular complexity index is 806. The first-order valence-corrected chi connectivity index (χ1v) is 11.4.